The van der Waals surface area contributed by atoms with Crippen molar-refractivity contribution in [2.75, 3.05) is 7.05 Å². The lowest BCUT2D eigenvalue weighted by molar-refractivity contribution is 0.243. The van der Waals surface area contributed by atoms with E-state index in [0.717, 1.165) is 18.5 Å². The molecule has 0 saturated carbocycles. The highest BCUT2D eigenvalue weighted by Crippen LogP contribution is 2.14. The van der Waals surface area contributed by atoms with Gasteiger partial charge in [-0.15, -0.1) is 0 Å². The van der Waals surface area contributed by atoms with E-state index in [0.29, 0.717) is 6.04 Å². The minimum atomic E-state index is 0.134. The maximum atomic E-state index is 7.41. The first-order valence-electron chi connectivity index (χ1n) is 6.09. The van der Waals surface area contributed by atoms with Crippen LogP contribution in [0, 0.1) is 12.3 Å². The highest BCUT2D eigenvalue weighted by atomic mass is 15.1. The molecule has 0 aliphatic heterocycles. The smallest absolute Gasteiger partial charge is 0.122 e. The van der Waals surface area contributed by atoms with Crippen LogP contribution in [0.5, 0.6) is 0 Å². The highest BCUT2D eigenvalue weighted by Gasteiger charge is 2.09. The van der Waals surface area contributed by atoms with Crippen molar-refractivity contribution in [3.8, 4) is 0 Å². The van der Waals surface area contributed by atoms with Gasteiger partial charge >= 0.3 is 0 Å². The van der Waals surface area contributed by atoms with Gasteiger partial charge in [0.15, 0.2) is 0 Å². The molecular formula is C14H23N3. The van der Waals surface area contributed by atoms with Crippen molar-refractivity contribution in [2.45, 2.75) is 39.8 Å². The monoisotopic (exact) mass is 233 g/mol. The molecule has 1 rings (SSSR count). The van der Waals surface area contributed by atoms with Gasteiger partial charge in [-0.2, -0.15) is 0 Å². The van der Waals surface area contributed by atoms with Crippen LogP contribution in [0.4, 0.5) is 0 Å². The Morgan fingerprint density at radius 2 is 2.12 bits per heavy atom. The SMILES string of the molecule is CCC(C)N(C)Cc1ccc(C(=N)N)cc1C. The molecule has 0 bridgehead atoms. The van der Waals surface area contributed by atoms with E-state index in [2.05, 4.69) is 38.8 Å². The molecular weight excluding hydrogens is 210 g/mol. The summed E-state index contributed by atoms with van der Waals surface area (Å²) in [4.78, 5) is 2.34. The van der Waals surface area contributed by atoms with E-state index in [1.807, 2.05) is 12.1 Å². The maximum absolute atomic E-state index is 7.41. The van der Waals surface area contributed by atoms with Crippen LogP contribution in [0.25, 0.3) is 0 Å². The predicted molar refractivity (Wildman–Crippen MR) is 73.4 cm³/mol. The van der Waals surface area contributed by atoms with Crippen LogP contribution < -0.4 is 5.73 Å². The van der Waals surface area contributed by atoms with Crippen molar-refractivity contribution in [1.82, 2.24) is 4.90 Å². The molecule has 0 heterocycles. The van der Waals surface area contributed by atoms with Gasteiger partial charge in [0.2, 0.25) is 0 Å². The normalized spacial score (nSPS) is 12.8. The van der Waals surface area contributed by atoms with Crippen molar-refractivity contribution >= 4 is 5.84 Å². The van der Waals surface area contributed by atoms with Crippen molar-refractivity contribution in [1.29, 1.82) is 5.41 Å². The van der Waals surface area contributed by atoms with E-state index in [4.69, 9.17) is 11.1 Å². The van der Waals surface area contributed by atoms with Crippen LogP contribution in [0.2, 0.25) is 0 Å². The van der Waals surface area contributed by atoms with Gasteiger partial charge in [0, 0.05) is 18.2 Å². The van der Waals surface area contributed by atoms with Crippen molar-refractivity contribution < 1.29 is 0 Å². The molecule has 0 amide bonds. The van der Waals surface area contributed by atoms with Crippen LogP contribution in [0.1, 0.15) is 37.0 Å². The molecule has 1 aromatic rings. The lowest BCUT2D eigenvalue weighted by Gasteiger charge is -2.24. The number of nitrogen functional groups attached to an aromatic ring is 1. The Hall–Kier alpha value is -1.35. The van der Waals surface area contributed by atoms with E-state index in [1.165, 1.54) is 11.1 Å². The fraction of sp³-hybridized carbons (Fsp3) is 0.500. The summed E-state index contributed by atoms with van der Waals surface area (Å²) in [6.07, 6.45) is 1.15. The molecule has 17 heavy (non-hydrogen) atoms. The second-order valence-electron chi connectivity index (χ2n) is 4.73. The summed E-state index contributed by atoms with van der Waals surface area (Å²) in [6, 6.07) is 6.57. The second kappa shape index (κ2) is 5.82. The van der Waals surface area contributed by atoms with Crippen molar-refractivity contribution in [3.63, 3.8) is 0 Å². The fourth-order valence-corrected chi connectivity index (χ4v) is 1.78. The van der Waals surface area contributed by atoms with Crippen LogP contribution in [0.15, 0.2) is 18.2 Å². The summed E-state index contributed by atoms with van der Waals surface area (Å²) in [7, 11) is 2.15. The van der Waals surface area contributed by atoms with Gasteiger partial charge in [-0.1, -0.05) is 19.1 Å². The van der Waals surface area contributed by atoms with Gasteiger partial charge in [0.25, 0.3) is 0 Å². The Balaban J connectivity index is 2.82. The van der Waals surface area contributed by atoms with Gasteiger partial charge in [-0.3, -0.25) is 10.3 Å². The molecule has 0 aromatic heterocycles. The number of benzene rings is 1. The summed E-state index contributed by atoms with van der Waals surface area (Å²) in [5.74, 6) is 0.134. The molecule has 0 aliphatic carbocycles. The van der Waals surface area contributed by atoms with Gasteiger partial charge in [0.05, 0.1) is 0 Å². The van der Waals surface area contributed by atoms with Gasteiger partial charge in [-0.05, 0) is 44.5 Å². The molecule has 1 aromatic carbocycles. The number of hydrogen-bond acceptors (Lipinski definition) is 2. The zero-order valence-electron chi connectivity index (χ0n) is 11.2. The van der Waals surface area contributed by atoms with E-state index in [9.17, 15) is 0 Å². The van der Waals surface area contributed by atoms with Crippen LogP contribution in [0.3, 0.4) is 0 Å². The topological polar surface area (TPSA) is 53.1 Å². The van der Waals surface area contributed by atoms with Gasteiger partial charge in [-0.25, -0.2) is 0 Å². The van der Waals surface area contributed by atoms with Crippen molar-refractivity contribution in [2.24, 2.45) is 5.73 Å². The summed E-state index contributed by atoms with van der Waals surface area (Å²) in [5.41, 5.74) is 8.79. The number of amidine groups is 1. The van der Waals surface area contributed by atoms with E-state index in [-0.39, 0.29) is 5.84 Å². The zero-order chi connectivity index (χ0) is 13.0. The molecule has 0 aliphatic rings. The number of nitrogens with two attached hydrogens (primary N) is 1. The summed E-state index contributed by atoms with van der Waals surface area (Å²) >= 11 is 0. The van der Waals surface area contributed by atoms with Gasteiger partial charge < -0.3 is 5.73 Å². The maximum Gasteiger partial charge on any atom is 0.122 e. The molecule has 3 nitrogen and oxygen atoms in total. The number of hydrogen-bond donors (Lipinski definition) is 2. The highest BCUT2D eigenvalue weighted by molar-refractivity contribution is 5.95. The minimum absolute atomic E-state index is 0.134. The Morgan fingerprint density at radius 1 is 1.47 bits per heavy atom. The minimum Gasteiger partial charge on any atom is -0.384 e. The largest absolute Gasteiger partial charge is 0.384 e. The first-order valence-corrected chi connectivity index (χ1v) is 6.09. The average molecular weight is 233 g/mol. The van der Waals surface area contributed by atoms with E-state index >= 15 is 0 Å². The van der Waals surface area contributed by atoms with E-state index in [1.54, 1.807) is 0 Å². The predicted octanol–water partition coefficient (Wildman–Crippen LogP) is 2.51. The first kappa shape index (κ1) is 13.7. The van der Waals surface area contributed by atoms with Crippen LogP contribution in [-0.4, -0.2) is 23.8 Å². The fourth-order valence-electron chi connectivity index (χ4n) is 1.78. The lowest BCUT2D eigenvalue weighted by Crippen LogP contribution is -2.28. The summed E-state index contributed by atoms with van der Waals surface area (Å²) in [5, 5.41) is 7.41. The number of aryl methyl sites for hydroxylation is 1. The third-order valence-corrected chi connectivity index (χ3v) is 3.42. The number of rotatable bonds is 5. The molecule has 0 fully saturated rings. The summed E-state index contributed by atoms with van der Waals surface area (Å²) < 4.78 is 0. The molecule has 1 unspecified atom stereocenters. The first-order chi connectivity index (χ1) is 7.95. The molecule has 0 saturated heterocycles. The van der Waals surface area contributed by atoms with Crippen LogP contribution >= 0.6 is 0 Å². The average Bonchev–Trinajstić information content (AvgIpc) is 2.30. The molecule has 94 valence electrons. The van der Waals surface area contributed by atoms with Crippen LogP contribution in [-0.2, 0) is 6.54 Å². The number of nitrogens with zero attached hydrogens (tertiary/aromatic N) is 1. The van der Waals surface area contributed by atoms with E-state index < -0.39 is 0 Å². The summed E-state index contributed by atoms with van der Waals surface area (Å²) in [6.45, 7) is 7.46. The Bertz CT molecular complexity index is 398. The Morgan fingerprint density at radius 3 is 2.59 bits per heavy atom. The Kier molecular flexibility index (Phi) is 4.70. The third-order valence-electron chi connectivity index (χ3n) is 3.42. The molecule has 1 atom stereocenters. The molecule has 0 spiro atoms. The standard InChI is InChI=1S/C14H23N3/c1-5-11(3)17(4)9-13-7-6-12(14(15)16)8-10(13)2/h6-8,11H,5,9H2,1-4H3,(H3,15,16). The third kappa shape index (κ3) is 3.56. The molecule has 3 heteroatoms. The second-order valence-corrected chi connectivity index (χ2v) is 4.73. The lowest BCUT2D eigenvalue weighted by atomic mass is 10.0. The number of nitrogens with one attached hydrogen (secondary N) is 1. The Labute approximate surface area is 104 Å². The molecule has 0 radical (unpaired) electrons. The van der Waals surface area contributed by atoms with Crippen molar-refractivity contribution in [3.05, 3.63) is 34.9 Å². The molecule has 3 N–H and O–H groups in total. The zero-order valence-corrected chi connectivity index (χ0v) is 11.2. The quantitative estimate of drug-likeness (QED) is 0.606. The van der Waals surface area contributed by atoms with Gasteiger partial charge in [0.1, 0.15) is 5.84 Å².